The second-order valence-corrected chi connectivity index (χ2v) is 4.66. The zero-order valence-electron chi connectivity index (χ0n) is 12.0. The van der Waals surface area contributed by atoms with Gasteiger partial charge in [-0.2, -0.15) is 5.10 Å². The average molecular weight is 259 g/mol. The number of nitrogens with zero attached hydrogens (tertiary/aromatic N) is 4. The Kier molecular flexibility index (Phi) is 4.14. The number of hydrogen-bond donors (Lipinski definition) is 1. The Hall–Kier alpha value is -1.91. The van der Waals surface area contributed by atoms with Crippen molar-refractivity contribution in [2.24, 2.45) is 7.05 Å². The largest absolute Gasteiger partial charge is 0.373 e. The first-order valence-electron chi connectivity index (χ1n) is 6.73. The molecule has 0 saturated carbocycles. The summed E-state index contributed by atoms with van der Waals surface area (Å²) >= 11 is 0. The third kappa shape index (κ3) is 2.92. The minimum Gasteiger partial charge on any atom is -0.373 e. The predicted octanol–water partition coefficient (Wildman–Crippen LogP) is 2.82. The number of aromatic nitrogens is 4. The van der Waals surface area contributed by atoms with E-state index >= 15 is 0 Å². The van der Waals surface area contributed by atoms with Crippen LogP contribution in [-0.4, -0.2) is 26.8 Å². The van der Waals surface area contributed by atoms with Crippen molar-refractivity contribution in [3.63, 3.8) is 0 Å². The van der Waals surface area contributed by atoms with Crippen LogP contribution < -0.4 is 5.32 Å². The van der Waals surface area contributed by atoms with E-state index in [2.05, 4.69) is 29.2 Å². The molecule has 2 rings (SSSR count). The van der Waals surface area contributed by atoms with Crippen molar-refractivity contribution in [1.29, 1.82) is 0 Å². The first-order valence-corrected chi connectivity index (χ1v) is 6.73. The molecule has 0 saturated heterocycles. The van der Waals surface area contributed by atoms with Gasteiger partial charge in [0.15, 0.2) is 0 Å². The molecule has 5 nitrogen and oxygen atoms in total. The summed E-state index contributed by atoms with van der Waals surface area (Å²) in [5, 5.41) is 7.31. The summed E-state index contributed by atoms with van der Waals surface area (Å²) in [7, 11) is 3.79. The van der Waals surface area contributed by atoms with E-state index in [1.165, 1.54) is 0 Å². The maximum atomic E-state index is 4.70. The highest BCUT2D eigenvalue weighted by atomic mass is 15.2. The Balaban J connectivity index is 2.46. The van der Waals surface area contributed by atoms with Gasteiger partial charge in [0.25, 0.3) is 0 Å². The summed E-state index contributed by atoms with van der Waals surface area (Å²) in [6.07, 6.45) is 5.91. The molecule has 0 fully saturated rings. The predicted molar refractivity (Wildman–Crippen MR) is 77.1 cm³/mol. The van der Waals surface area contributed by atoms with Crippen molar-refractivity contribution < 1.29 is 0 Å². The Bertz CT molecular complexity index is 543. The van der Waals surface area contributed by atoms with Crippen molar-refractivity contribution >= 4 is 5.82 Å². The van der Waals surface area contributed by atoms with E-state index in [0.717, 1.165) is 35.7 Å². The summed E-state index contributed by atoms with van der Waals surface area (Å²) in [6.45, 7) is 4.35. The molecule has 0 amide bonds. The van der Waals surface area contributed by atoms with Gasteiger partial charge < -0.3 is 5.32 Å². The van der Waals surface area contributed by atoms with Crippen molar-refractivity contribution in [3.8, 4) is 11.3 Å². The van der Waals surface area contributed by atoms with E-state index < -0.39 is 0 Å². The third-order valence-electron chi connectivity index (χ3n) is 3.35. The molecule has 19 heavy (non-hydrogen) atoms. The number of hydrogen-bond acceptors (Lipinski definition) is 4. The molecule has 0 radical (unpaired) electrons. The summed E-state index contributed by atoms with van der Waals surface area (Å²) in [5.74, 6) is 2.18. The Morgan fingerprint density at radius 1 is 1.26 bits per heavy atom. The standard InChI is InChI=1S/C14H21N5/c1-5-10(6-2)14-17-12(7-13(15-3)18-14)11-8-16-19(4)9-11/h7-10H,5-6H2,1-4H3,(H,15,17,18). The van der Waals surface area contributed by atoms with Gasteiger partial charge in [0, 0.05) is 37.8 Å². The minimum atomic E-state index is 0.406. The van der Waals surface area contributed by atoms with Gasteiger partial charge in [-0.25, -0.2) is 9.97 Å². The molecule has 0 aromatic carbocycles. The smallest absolute Gasteiger partial charge is 0.134 e. The van der Waals surface area contributed by atoms with Crippen molar-refractivity contribution in [1.82, 2.24) is 19.7 Å². The van der Waals surface area contributed by atoms with Crippen molar-refractivity contribution in [2.45, 2.75) is 32.6 Å². The summed E-state index contributed by atoms with van der Waals surface area (Å²) in [4.78, 5) is 9.28. The number of rotatable bonds is 5. The van der Waals surface area contributed by atoms with Crippen molar-refractivity contribution in [2.75, 3.05) is 12.4 Å². The van der Waals surface area contributed by atoms with Gasteiger partial charge in [0.05, 0.1) is 11.9 Å². The molecule has 1 N–H and O–H groups in total. The number of anilines is 1. The normalized spacial score (nSPS) is 11.0. The van der Waals surface area contributed by atoms with E-state index in [9.17, 15) is 0 Å². The zero-order valence-corrected chi connectivity index (χ0v) is 12.0. The van der Waals surface area contributed by atoms with Crippen LogP contribution in [0.4, 0.5) is 5.82 Å². The molecule has 0 atom stereocenters. The molecule has 0 aliphatic carbocycles. The fourth-order valence-corrected chi connectivity index (χ4v) is 2.13. The lowest BCUT2D eigenvalue weighted by Gasteiger charge is -2.13. The average Bonchev–Trinajstić information content (AvgIpc) is 2.86. The molecule has 0 aliphatic heterocycles. The van der Waals surface area contributed by atoms with Gasteiger partial charge in [-0.1, -0.05) is 13.8 Å². The van der Waals surface area contributed by atoms with Gasteiger partial charge >= 0.3 is 0 Å². The highest BCUT2D eigenvalue weighted by molar-refractivity contribution is 5.61. The van der Waals surface area contributed by atoms with Crippen LogP contribution in [0.3, 0.4) is 0 Å². The quantitative estimate of drug-likeness (QED) is 0.897. The summed E-state index contributed by atoms with van der Waals surface area (Å²) in [5.41, 5.74) is 1.95. The second-order valence-electron chi connectivity index (χ2n) is 4.66. The van der Waals surface area contributed by atoms with E-state index in [4.69, 9.17) is 4.98 Å². The molecule has 2 aromatic rings. The fraction of sp³-hybridized carbons (Fsp3) is 0.500. The summed E-state index contributed by atoms with van der Waals surface area (Å²) < 4.78 is 1.79. The van der Waals surface area contributed by atoms with Gasteiger partial charge in [0.1, 0.15) is 11.6 Å². The fourth-order valence-electron chi connectivity index (χ4n) is 2.13. The number of aryl methyl sites for hydroxylation is 1. The maximum absolute atomic E-state index is 4.70. The van der Waals surface area contributed by atoms with Gasteiger partial charge in [-0.05, 0) is 12.8 Å². The van der Waals surface area contributed by atoms with Crippen LogP contribution in [0.25, 0.3) is 11.3 Å². The van der Waals surface area contributed by atoms with E-state index in [1.54, 1.807) is 4.68 Å². The lowest BCUT2D eigenvalue weighted by atomic mass is 10.0. The molecule has 0 aliphatic rings. The molecular weight excluding hydrogens is 238 g/mol. The second kappa shape index (κ2) is 5.82. The van der Waals surface area contributed by atoms with Crippen LogP contribution in [0.1, 0.15) is 38.4 Å². The van der Waals surface area contributed by atoms with Gasteiger partial charge in [0.2, 0.25) is 0 Å². The molecule has 5 heteroatoms. The van der Waals surface area contributed by atoms with E-state index in [-0.39, 0.29) is 0 Å². The first kappa shape index (κ1) is 13.5. The highest BCUT2D eigenvalue weighted by Crippen LogP contribution is 2.25. The zero-order chi connectivity index (χ0) is 13.8. The monoisotopic (exact) mass is 259 g/mol. The van der Waals surface area contributed by atoms with Crippen LogP contribution in [0, 0.1) is 0 Å². The Labute approximate surface area is 114 Å². The van der Waals surface area contributed by atoms with Crippen LogP contribution in [0.5, 0.6) is 0 Å². The van der Waals surface area contributed by atoms with E-state index in [0.29, 0.717) is 5.92 Å². The van der Waals surface area contributed by atoms with Gasteiger partial charge in [-0.3, -0.25) is 4.68 Å². The minimum absolute atomic E-state index is 0.406. The third-order valence-corrected chi connectivity index (χ3v) is 3.35. The van der Waals surface area contributed by atoms with Crippen LogP contribution in [0.2, 0.25) is 0 Å². The molecule has 0 unspecified atom stereocenters. The molecular formula is C14H21N5. The number of nitrogens with one attached hydrogen (secondary N) is 1. The molecule has 0 spiro atoms. The lowest BCUT2D eigenvalue weighted by molar-refractivity contribution is 0.603. The Morgan fingerprint density at radius 2 is 2.00 bits per heavy atom. The maximum Gasteiger partial charge on any atom is 0.134 e. The van der Waals surface area contributed by atoms with E-state index in [1.807, 2.05) is 32.6 Å². The van der Waals surface area contributed by atoms with Gasteiger partial charge in [-0.15, -0.1) is 0 Å². The molecule has 2 heterocycles. The molecule has 102 valence electrons. The lowest BCUT2D eigenvalue weighted by Crippen LogP contribution is -2.06. The Morgan fingerprint density at radius 3 is 2.53 bits per heavy atom. The summed E-state index contributed by atoms with van der Waals surface area (Å²) in [6, 6.07) is 1.96. The van der Waals surface area contributed by atoms with Crippen LogP contribution in [-0.2, 0) is 7.05 Å². The molecule has 0 bridgehead atoms. The molecule has 2 aromatic heterocycles. The van der Waals surface area contributed by atoms with Crippen LogP contribution in [0.15, 0.2) is 18.5 Å². The highest BCUT2D eigenvalue weighted by Gasteiger charge is 2.14. The SMILES string of the molecule is CCC(CC)c1nc(NC)cc(-c2cnn(C)c2)n1. The first-order chi connectivity index (χ1) is 9.17. The van der Waals surface area contributed by atoms with Crippen LogP contribution >= 0.6 is 0 Å². The van der Waals surface area contributed by atoms with Crippen molar-refractivity contribution in [3.05, 3.63) is 24.3 Å². The topological polar surface area (TPSA) is 55.6 Å².